The van der Waals surface area contributed by atoms with Crippen LogP contribution in [0, 0.1) is 0 Å². The number of fused-ring (bicyclic) bond motifs is 1. The minimum absolute atomic E-state index is 0.275. The molecule has 0 bridgehead atoms. The fraction of sp³-hybridized carbons (Fsp3) is 0.333. The summed E-state index contributed by atoms with van der Waals surface area (Å²) in [6.07, 6.45) is -0.713. The van der Waals surface area contributed by atoms with E-state index in [1.54, 1.807) is 12.3 Å². The number of alkyl halides is 3. The number of halogens is 3. The molecule has 0 unspecified atom stereocenters. The summed E-state index contributed by atoms with van der Waals surface area (Å²) in [4.78, 5) is 28.4. The quantitative estimate of drug-likeness (QED) is 0.687. The summed E-state index contributed by atoms with van der Waals surface area (Å²) in [6, 6.07) is 4.56. The van der Waals surface area contributed by atoms with Crippen LogP contribution in [0.3, 0.4) is 0 Å². The Kier molecular flexibility index (Phi) is 5.48. The van der Waals surface area contributed by atoms with E-state index in [1.807, 2.05) is 13.1 Å². The zero-order chi connectivity index (χ0) is 22.2. The van der Waals surface area contributed by atoms with E-state index in [4.69, 9.17) is 0 Å². The molecule has 0 aliphatic carbocycles. The third-order valence-corrected chi connectivity index (χ3v) is 5.17. The van der Waals surface area contributed by atoms with E-state index < -0.39 is 11.7 Å². The highest BCUT2D eigenvalue weighted by Crippen LogP contribution is 2.36. The van der Waals surface area contributed by atoms with Crippen LogP contribution in [0.15, 0.2) is 36.8 Å². The smallest absolute Gasteiger partial charge is 0.367 e. The molecule has 10 heteroatoms. The zero-order valence-electron chi connectivity index (χ0n) is 17.1. The number of likely N-dealkylation sites (N-methyl/N-ethyl adjacent to an activating group) is 1. The van der Waals surface area contributed by atoms with Gasteiger partial charge in [-0.1, -0.05) is 0 Å². The van der Waals surface area contributed by atoms with Crippen LogP contribution in [0.25, 0.3) is 22.2 Å². The lowest BCUT2D eigenvalue weighted by Crippen LogP contribution is -2.44. The maximum atomic E-state index is 13.3. The van der Waals surface area contributed by atoms with Gasteiger partial charge in [-0.2, -0.15) is 13.2 Å². The minimum Gasteiger partial charge on any atom is -0.367 e. The summed E-state index contributed by atoms with van der Waals surface area (Å²) in [5.41, 5.74) is 1.11. The van der Waals surface area contributed by atoms with Crippen molar-refractivity contribution in [3.05, 3.63) is 42.4 Å². The summed E-state index contributed by atoms with van der Waals surface area (Å²) in [5.74, 6) is 0.0520. The molecule has 0 radical (unpaired) electrons. The molecule has 1 aliphatic rings. The number of nitrogens with zero attached hydrogens (tertiary/aromatic N) is 5. The lowest BCUT2D eigenvalue weighted by Gasteiger charge is -2.35. The maximum absolute atomic E-state index is 13.3. The normalized spacial score (nSPS) is 15.3. The number of pyridine rings is 3. The second kappa shape index (κ2) is 8.10. The number of anilines is 2. The Bertz CT molecular complexity index is 1130. The van der Waals surface area contributed by atoms with Crippen molar-refractivity contribution >= 4 is 28.3 Å². The molecule has 3 aromatic rings. The summed E-state index contributed by atoms with van der Waals surface area (Å²) in [7, 11) is 2.03. The summed E-state index contributed by atoms with van der Waals surface area (Å²) in [6.45, 7) is 4.48. The first-order chi connectivity index (χ1) is 14.7. The Morgan fingerprint density at radius 3 is 2.48 bits per heavy atom. The number of rotatable bonds is 3. The molecule has 4 heterocycles. The summed E-state index contributed by atoms with van der Waals surface area (Å²) < 4.78 is 39.9. The maximum Gasteiger partial charge on any atom is 0.417 e. The van der Waals surface area contributed by atoms with E-state index in [-0.39, 0.29) is 11.5 Å². The third kappa shape index (κ3) is 4.58. The van der Waals surface area contributed by atoms with Gasteiger partial charge < -0.3 is 15.1 Å². The van der Waals surface area contributed by atoms with Crippen LogP contribution >= 0.6 is 0 Å². The van der Waals surface area contributed by atoms with Crippen LogP contribution in [0.4, 0.5) is 24.7 Å². The number of nitrogens with one attached hydrogen (secondary N) is 1. The van der Waals surface area contributed by atoms with Gasteiger partial charge in [0.15, 0.2) is 0 Å². The number of aromatic nitrogens is 3. The van der Waals surface area contributed by atoms with Crippen molar-refractivity contribution < 1.29 is 18.0 Å². The SMILES string of the molecule is CC(=O)Nc1cc2nc(-c3cncc(C(F)(F)F)c3)c(N3CCN(C)CC3)cc2cn1. The number of hydrogen-bond acceptors (Lipinski definition) is 6. The minimum atomic E-state index is -4.50. The van der Waals surface area contributed by atoms with Crippen molar-refractivity contribution in [1.82, 2.24) is 19.9 Å². The highest BCUT2D eigenvalue weighted by Gasteiger charge is 2.31. The Balaban J connectivity index is 1.87. The van der Waals surface area contributed by atoms with Crippen LogP contribution in [0.2, 0.25) is 0 Å². The molecule has 1 saturated heterocycles. The predicted molar refractivity (Wildman–Crippen MR) is 112 cm³/mol. The van der Waals surface area contributed by atoms with E-state index in [1.165, 1.54) is 13.1 Å². The highest BCUT2D eigenvalue weighted by molar-refractivity contribution is 5.93. The van der Waals surface area contributed by atoms with Gasteiger partial charge >= 0.3 is 6.18 Å². The number of carbonyl (C=O) groups is 1. The molecule has 31 heavy (non-hydrogen) atoms. The molecular formula is C21H21F3N6O. The molecule has 0 atom stereocenters. The van der Waals surface area contributed by atoms with Gasteiger partial charge in [0.05, 0.1) is 22.5 Å². The topological polar surface area (TPSA) is 74.2 Å². The van der Waals surface area contributed by atoms with Crippen molar-refractivity contribution in [2.75, 3.05) is 43.4 Å². The van der Waals surface area contributed by atoms with Gasteiger partial charge in [-0.25, -0.2) is 9.97 Å². The average molecular weight is 430 g/mol. The molecule has 0 saturated carbocycles. The molecule has 0 spiro atoms. The standard InChI is InChI=1S/C21H21F3N6O/c1-13(31)27-19-9-17-14(11-26-19)8-18(30-5-3-29(2)4-6-30)20(28-17)15-7-16(12-25-10-15)21(22,23)24/h7-12H,3-6H2,1-2H3,(H,26,27,31). The van der Waals surface area contributed by atoms with Gasteiger partial charge in [-0.15, -0.1) is 0 Å². The van der Waals surface area contributed by atoms with Crippen molar-refractivity contribution in [1.29, 1.82) is 0 Å². The molecule has 1 N–H and O–H groups in total. The second-order valence-electron chi connectivity index (χ2n) is 7.55. The van der Waals surface area contributed by atoms with Crippen molar-refractivity contribution in [3.63, 3.8) is 0 Å². The summed E-state index contributed by atoms with van der Waals surface area (Å²) in [5, 5.41) is 3.33. The van der Waals surface area contributed by atoms with Crippen molar-refractivity contribution in [2.24, 2.45) is 0 Å². The van der Waals surface area contributed by atoms with Crippen LogP contribution in [-0.4, -0.2) is 59.0 Å². The van der Waals surface area contributed by atoms with Gasteiger partial charge in [0.25, 0.3) is 0 Å². The molecule has 4 rings (SSSR count). The van der Waals surface area contributed by atoms with Crippen LogP contribution < -0.4 is 10.2 Å². The molecule has 1 fully saturated rings. The van der Waals surface area contributed by atoms with Crippen molar-refractivity contribution in [3.8, 4) is 11.3 Å². The number of amides is 1. The first-order valence-corrected chi connectivity index (χ1v) is 9.75. The molecule has 7 nitrogen and oxygen atoms in total. The summed E-state index contributed by atoms with van der Waals surface area (Å²) >= 11 is 0. The Morgan fingerprint density at radius 1 is 1.06 bits per heavy atom. The molecular weight excluding hydrogens is 409 g/mol. The molecule has 3 aromatic heterocycles. The average Bonchev–Trinajstić information content (AvgIpc) is 2.72. The lowest BCUT2D eigenvalue weighted by molar-refractivity contribution is -0.137. The van der Waals surface area contributed by atoms with Gasteiger partial charge in [0, 0.05) is 68.7 Å². The number of piperazine rings is 1. The zero-order valence-corrected chi connectivity index (χ0v) is 17.1. The second-order valence-corrected chi connectivity index (χ2v) is 7.55. The Morgan fingerprint density at radius 2 is 1.81 bits per heavy atom. The van der Waals surface area contributed by atoms with E-state index in [9.17, 15) is 18.0 Å². The molecule has 162 valence electrons. The van der Waals surface area contributed by atoms with Gasteiger partial charge in [-0.3, -0.25) is 9.78 Å². The first kappa shape index (κ1) is 21.0. The van der Waals surface area contributed by atoms with E-state index in [0.717, 1.165) is 49.5 Å². The highest BCUT2D eigenvalue weighted by atomic mass is 19.4. The van der Waals surface area contributed by atoms with E-state index in [0.29, 0.717) is 17.0 Å². The Labute approximate surface area is 176 Å². The van der Waals surface area contributed by atoms with Crippen molar-refractivity contribution in [2.45, 2.75) is 13.1 Å². The van der Waals surface area contributed by atoms with Crippen LogP contribution in [-0.2, 0) is 11.0 Å². The first-order valence-electron chi connectivity index (χ1n) is 9.75. The number of hydrogen-bond donors (Lipinski definition) is 1. The fourth-order valence-electron chi connectivity index (χ4n) is 3.53. The van der Waals surface area contributed by atoms with Crippen LogP contribution in [0.5, 0.6) is 0 Å². The molecule has 1 aliphatic heterocycles. The molecule has 1 amide bonds. The van der Waals surface area contributed by atoms with E-state index >= 15 is 0 Å². The number of carbonyl (C=O) groups excluding carboxylic acids is 1. The monoisotopic (exact) mass is 430 g/mol. The largest absolute Gasteiger partial charge is 0.417 e. The van der Waals surface area contributed by atoms with Gasteiger partial charge in [0.2, 0.25) is 5.91 Å². The molecule has 0 aromatic carbocycles. The van der Waals surface area contributed by atoms with E-state index in [2.05, 4.69) is 30.1 Å². The van der Waals surface area contributed by atoms with Crippen LogP contribution in [0.1, 0.15) is 12.5 Å². The van der Waals surface area contributed by atoms with Gasteiger partial charge in [-0.05, 0) is 19.2 Å². The fourth-order valence-corrected chi connectivity index (χ4v) is 3.53. The lowest BCUT2D eigenvalue weighted by atomic mass is 10.1. The Hall–Kier alpha value is -3.27. The third-order valence-electron chi connectivity index (χ3n) is 5.17. The predicted octanol–water partition coefficient (Wildman–Crippen LogP) is 3.42. The van der Waals surface area contributed by atoms with Gasteiger partial charge in [0.1, 0.15) is 5.82 Å².